The highest BCUT2D eigenvalue weighted by Gasteiger charge is 2.15. The topological polar surface area (TPSA) is 63.8 Å². The highest BCUT2D eigenvalue weighted by atomic mass is 16.4. The average molecular weight is 302 g/mol. The standard InChI is InChI=1S/C18H14N4O/c1-12-19-16(21-14-10-6-3-7-11-14)15-18(20-12)23-17(22-15)13-8-4-2-5-9-13/h2-11H,1H3,(H,19,20,21). The van der Waals surface area contributed by atoms with Crippen LogP contribution in [-0.4, -0.2) is 15.0 Å². The van der Waals surface area contributed by atoms with E-state index in [1.54, 1.807) is 0 Å². The number of aromatic nitrogens is 3. The van der Waals surface area contributed by atoms with Crippen molar-refractivity contribution in [2.45, 2.75) is 6.92 Å². The van der Waals surface area contributed by atoms with Crippen molar-refractivity contribution < 1.29 is 4.42 Å². The summed E-state index contributed by atoms with van der Waals surface area (Å²) < 4.78 is 5.81. The Bertz CT molecular complexity index is 949. The Morgan fingerprint density at radius 1 is 0.826 bits per heavy atom. The highest BCUT2D eigenvalue weighted by Crippen LogP contribution is 2.28. The number of aryl methyl sites for hydroxylation is 1. The molecule has 0 radical (unpaired) electrons. The van der Waals surface area contributed by atoms with Gasteiger partial charge >= 0.3 is 0 Å². The number of hydrogen-bond donors (Lipinski definition) is 1. The van der Waals surface area contributed by atoms with Crippen molar-refractivity contribution in [3.8, 4) is 11.5 Å². The van der Waals surface area contributed by atoms with Gasteiger partial charge in [-0.2, -0.15) is 4.98 Å². The van der Waals surface area contributed by atoms with E-state index in [9.17, 15) is 0 Å². The second-order valence-electron chi connectivity index (χ2n) is 5.15. The van der Waals surface area contributed by atoms with Crippen LogP contribution in [0.4, 0.5) is 11.5 Å². The molecule has 2 heterocycles. The van der Waals surface area contributed by atoms with Crippen molar-refractivity contribution in [3.05, 3.63) is 66.5 Å². The monoisotopic (exact) mass is 302 g/mol. The number of hydrogen-bond acceptors (Lipinski definition) is 5. The van der Waals surface area contributed by atoms with Crippen molar-refractivity contribution in [3.63, 3.8) is 0 Å². The summed E-state index contributed by atoms with van der Waals surface area (Å²) in [6, 6.07) is 19.6. The van der Waals surface area contributed by atoms with Gasteiger partial charge in [0.1, 0.15) is 5.82 Å². The van der Waals surface area contributed by atoms with Gasteiger partial charge in [-0.1, -0.05) is 36.4 Å². The number of benzene rings is 2. The van der Waals surface area contributed by atoms with Crippen LogP contribution in [0.15, 0.2) is 65.1 Å². The average Bonchev–Trinajstić information content (AvgIpc) is 3.01. The predicted molar refractivity (Wildman–Crippen MR) is 89.5 cm³/mol. The Kier molecular flexibility index (Phi) is 3.24. The lowest BCUT2D eigenvalue weighted by Crippen LogP contribution is -1.98. The molecule has 23 heavy (non-hydrogen) atoms. The first-order chi connectivity index (χ1) is 11.3. The van der Waals surface area contributed by atoms with E-state index >= 15 is 0 Å². The van der Waals surface area contributed by atoms with E-state index in [0.29, 0.717) is 28.8 Å². The third kappa shape index (κ3) is 2.64. The van der Waals surface area contributed by atoms with Crippen LogP contribution in [0.3, 0.4) is 0 Å². The van der Waals surface area contributed by atoms with Gasteiger partial charge in [-0.25, -0.2) is 9.97 Å². The summed E-state index contributed by atoms with van der Waals surface area (Å²) in [6.07, 6.45) is 0. The Labute approximate surface area is 133 Å². The lowest BCUT2D eigenvalue weighted by atomic mass is 10.2. The zero-order valence-electron chi connectivity index (χ0n) is 12.5. The van der Waals surface area contributed by atoms with Gasteiger partial charge in [0, 0.05) is 11.3 Å². The molecule has 0 aliphatic carbocycles. The number of nitrogens with zero attached hydrogens (tertiary/aromatic N) is 3. The van der Waals surface area contributed by atoms with Gasteiger partial charge in [0.2, 0.25) is 5.89 Å². The minimum absolute atomic E-state index is 0.481. The number of rotatable bonds is 3. The molecule has 0 saturated heterocycles. The van der Waals surface area contributed by atoms with Gasteiger partial charge in [0.25, 0.3) is 5.71 Å². The molecule has 5 heteroatoms. The minimum atomic E-state index is 0.481. The molecule has 0 amide bonds. The van der Waals surface area contributed by atoms with Crippen LogP contribution in [0.1, 0.15) is 5.82 Å². The largest absolute Gasteiger partial charge is 0.417 e. The van der Waals surface area contributed by atoms with E-state index < -0.39 is 0 Å². The molecule has 0 fully saturated rings. The molecule has 1 N–H and O–H groups in total. The van der Waals surface area contributed by atoms with E-state index in [1.165, 1.54) is 0 Å². The van der Waals surface area contributed by atoms with Gasteiger partial charge in [-0.15, -0.1) is 0 Å². The first-order valence-electron chi connectivity index (χ1n) is 7.32. The number of para-hydroxylation sites is 1. The maximum absolute atomic E-state index is 5.81. The van der Waals surface area contributed by atoms with E-state index in [1.807, 2.05) is 67.6 Å². The van der Waals surface area contributed by atoms with Crippen LogP contribution < -0.4 is 5.32 Å². The van der Waals surface area contributed by atoms with Crippen molar-refractivity contribution in [2.75, 3.05) is 5.32 Å². The zero-order valence-corrected chi connectivity index (χ0v) is 12.5. The number of anilines is 2. The molecule has 0 aliphatic rings. The molecule has 4 rings (SSSR count). The molecule has 2 aromatic heterocycles. The molecule has 4 aromatic rings. The molecule has 2 aromatic carbocycles. The zero-order chi connectivity index (χ0) is 15.6. The Balaban J connectivity index is 1.83. The summed E-state index contributed by atoms with van der Waals surface area (Å²) in [5.41, 5.74) is 2.96. The van der Waals surface area contributed by atoms with Gasteiger partial charge in [-0.3, -0.25) is 0 Å². The molecule has 0 atom stereocenters. The summed E-state index contributed by atoms with van der Waals surface area (Å²) in [5.74, 6) is 1.81. The van der Waals surface area contributed by atoms with Crippen molar-refractivity contribution >= 4 is 22.7 Å². The normalized spacial score (nSPS) is 10.8. The number of oxazole rings is 1. The van der Waals surface area contributed by atoms with Gasteiger partial charge < -0.3 is 9.73 Å². The molecule has 0 spiro atoms. The fourth-order valence-electron chi connectivity index (χ4n) is 2.38. The van der Waals surface area contributed by atoms with Crippen LogP contribution in [0.25, 0.3) is 22.7 Å². The fraction of sp³-hybridized carbons (Fsp3) is 0.0556. The third-order valence-corrected chi connectivity index (χ3v) is 3.43. The van der Waals surface area contributed by atoms with Gasteiger partial charge in [-0.05, 0) is 31.2 Å². The summed E-state index contributed by atoms with van der Waals surface area (Å²) in [5, 5.41) is 3.28. The van der Waals surface area contributed by atoms with Crippen LogP contribution in [-0.2, 0) is 0 Å². The smallest absolute Gasteiger partial charge is 0.252 e. The number of nitrogens with one attached hydrogen (secondary N) is 1. The SMILES string of the molecule is Cc1nc(Nc2ccccc2)c2nc(-c3ccccc3)oc2n1. The summed E-state index contributed by atoms with van der Waals surface area (Å²) in [6.45, 7) is 1.83. The molecular weight excluding hydrogens is 288 g/mol. The first kappa shape index (κ1) is 13.5. The van der Waals surface area contributed by atoms with Crippen LogP contribution in [0.5, 0.6) is 0 Å². The van der Waals surface area contributed by atoms with E-state index in [2.05, 4.69) is 20.3 Å². The molecule has 5 nitrogen and oxygen atoms in total. The lowest BCUT2D eigenvalue weighted by molar-refractivity contribution is 0.606. The fourth-order valence-corrected chi connectivity index (χ4v) is 2.38. The second-order valence-corrected chi connectivity index (χ2v) is 5.15. The molecule has 0 saturated carbocycles. The van der Waals surface area contributed by atoms with E-state index in [-0.39, 0.29) is 0 Å². The Hall–Kier alpha value is -3.21. The Morgan fingerprint density at radius 3 is 2.26 bits per heavy atom. The van der Waals surface area contributed by atoms with Crippen molar-refractivity contribution in [1.82, 2.24) is 15.0 Å². The molecule has 0 unspecified atom stereocenters. The molecular formula is C18H14N4O. The number of fused-ring (bicyclic) bond motifs is 1. The summed E-state index contributed by atoms with van der Waals surface area (Å²) in [7, 11) is 0. The van der Waals surface area contributed by atoms with Crippen molar-refractivity contribution in [1.29, 1.82) is 0 Å². The first-order valence-corrected chi connectivity index (χ1v) is 7.32. The quantitative estimate of drug-likeness (QED) is 0.610. The Morgan fingerprint density at radius 2 is 1.52 bits per heavy atom. The van der Waals surface area contributed by atoms with E-state index in [0.717, 1.165) is 11.3 Å². The highest BCUT2D eigenvalue weighted by molar-refractivity contribution is 5.85. The van der Waals surface area contributed by atoms with Crippen molar-refractivity contribution in [2.24, 2.45) is 0 Å². The minimum Gasteiger partial charge on any atom is -0.417 e. The lowest BCUT2D eigenvalue weighted by Gasteiger charge is -2.05. The summed E-state index contributed by atoms with van der Waals surface area (Å²) in [4.78, 5) is 13.4. The maximum Gasteiger partial charge on any atom is 0.252 e. The van der Waals surface area contributed by atoms with Crippen LogP contribution in [0, 0.1) is 6.92 Å². The summed E-state index contributed by atoms with van der Waals surface area (Å²) >= 11 is 0. The van der Waals surface area contributed by atoms with Crippen LogP contribution in [0.2, 0.25) is 0 Å². The van der Waals surface area contributed by atoms with Crippen LogP contribution >= 0.6 is 0 Å². The third-order valence-electron chi connectivity index (χ3n) is 3.43. The molecule has 112 valence electrons. The molecule has 0 bridgehead atoms. The second kappa shape index (κ2) is 5.53. The van der Waals surface area contributed by atoms with E-state index in [4.69, 9.17) is 4.42 Å². The van der Waals surface area contributed by atoms with Gasteiger partial charge in [0.05, 0.1) is 0 Å². The van der Waals surface area contributed by atoms with Gasteiger partial charge in [0.15, 0.2) is 11.3 Å². The predicted octanol–water partition coefficient (Wildman–Crippen LogP) is 4.34. The molecule has 0 aliphatic heterocycles. The maximum atomic E-state index is 5.81.